The second kappa shape index (κ2) is 5.49. The lowest BCUT2D eigenvalue weighted by Gasteiger charge is -2.12. The Hall–Kier alpha value is -2.59. The Balaban J connectivity index is 2.30. The van der Waals surface area contributed by atoms with Crippen molar-refractivity contribution in [3.63, 3.8) is 0 Å². The molecular weight excluding hydrogens is 300 g/mol. The topological polar surface area (TPSA) is 47.3 Å². The van der Waals surface area contributed by atoms with Crippen molar-refractivity contribution >= 4 is 32.6 Å². The van der Waals surface area contributed by atoms with Crippen molar-refractivity contribution in [3.05, 3.63) is 47.8 Å². The lowest BCUT2D eigenvalue weighted by Crippen LogP contribution is -2.03. The number of rotatable bonds is 3. The fourth-order valence-corrected chi connectivity index (χ4v) is 3.85. The van der Waals surface area contributed by atoms with Crippen LogP contribution in [0.4, 0.5) is 0 Å². The molecular formula is C20H20N2O2. The molecule has 0 bridgehead atoms. The van der Waals surface area contributed by atoms with Crippen LogP contribution in [0.1, 0.15) is 11.1 Å². The highest BCUT2D eigenvalue weighted by Gasteiger charge is 2.18. The predicted octanol–water partition coefficient (Wildman–Crippen LogP) is 3.96. The molecule has 4 nitrogen and oxygen atoms in total. The number of aryl methyl sites for hydroxylation is 2. The summed E-state index contributed by atoms with van der Waals surface area (Å²) in [6, 6.07) is 8.20. The van der Waals surface area contributed by atoms with Crippen LogP contribution in [0.2, 0.25) is 0 Å². The summed E-state index contributed by atoms with van der Waals surface area (Å²) in [5.74, 6) is 0.842. The lowest BCUT2D eigenvalue weighted by atomic mass is 9.97. The average Bonchev–Trinajstić information content (AvgIpc) is 2.94. The van der Waals surface area contributed by atoms with Gasteiger partial charge < -0.3 is 14.4 Å². The van der Waals surface area contributed by atoms with Crippen molar-refractivity contribution in [1.82, 2.24) is 9.55 Å². The van der Waals surface area contributed by atoms with E-state index in [1.807, 2.05) is 18.5 Å². The smallest absolute Gasteiger partial charge is 0.119 e. The van der Waals surface area contributed by atoms with Crippen molar-refractivity contribution in [2.24, 2.45) is 0 Å². The highest BCUT2D eigenvalue weighted by atomic mass is 16.5. The molecule has 122 valence electrons. The largest absolute Gasteiger partial charge is 0.497 e. The summed E-state index contributed by atoms with van der Waals surface area (Å²) < 4.78 is 7.64. The quantitative estimate of drug-likeness (QED) is 0.621. The molecule has 0 aliphatic rings. The highest BCUT2D eigenvalue weighted by Crippen LogP contribution is 2.39. The molecule has 1 N–H and O–H groups in total. The van der Waals surface area contributed by atoms with Crippen LogP contribution in [0, 0.1) is 13.8 Å². The van der Waals surface area contributed by atoms with E-state index in [0.717, 1.165) is 16.7 Å². The Morgan fingerprint density at radius 2 is 1.92 bits per heavy atom. The van der Waals surface area contributed by atoms with Crippen LogP contribution >= 0.6 is 0 Å². The molecule has 2 aromatic heterocycles. The van der Waals surface area contributed by atoms with Gasteiger partial charge in [0.15, 0.2) is 0 Å². The van der Waals surface area contributed by atoms with Crippen molar-refractivity contribution in [1.29, 1.82) is 0 Å². The maximum absolute atomic E-state index is 9.58. The third kappa shape index (κ3) is 1.93. The lowest BCUT2D eigenvalue weighted by molar-refractivity contribution is 0.280. The fourth-order valence-electron chi connectivity index (χ4n) is 3.85. The molecule has 0 aliphatic carbocycles. The van der Waals surface area contributed by atoms with Crippen molar-refractivity contribution in [3.8, 4) is 5.75 Å². The summed E-state index contributed by atoms with van der Waals surface area (Å²) >= 11 is 0. The van der Waals surface area contributed by atoms with E-state index in [0.29, 0.717) is 6.54 Å². The van der Waals surface area contributed by atoms with E-state index < -0.39 is 0 Å². The van der Waals surface area contributed by atoms with Crippen LogP contribution in [0.15, 0.2) is 36.7 Å². The zero-order valence-corrected chi connectivity index (χ0v) is 14.1. The molecule has 4 heteroatoms. The van der Waals surface area contributed by atoms with Crippen LogP contribution < -0.4 is 4.74 Å². The number of pyridine rings is 1. The zero-order valence-electron chi connectivity index (χ0n) is 14.1. The van der Waals surface area contributed by atoms with Gasteiger partial charge in [0.2, 0.25) is 0 Å². The van der Waals surface area contributed by atoms with Gasteiger partial charge in [-0.05, 0) is 54.6 Å². The summed E-state index contributed by atoms with van der Waals surface area (Å²) in [4.78, 5) is 4.31. The monoisotopic (exact) mass is 320 g/mol. The molecule has 0 fully saturated rings. The van der Waals surface area contributed by atoms with Crippen molar-refractivity contribution in [2.75, 3.05) is 13.7 Å². The first-order chi connectivity index (χ1) is 11.7. The maximum Gasteiger partial charge on any atom is 0.119 e. The van der Waals surface area contributed by atoms with Gasteiger partial charge in [0.25, 0.3) is 0 Å². The van der Waals surface area contributed by atoms with E-state index in [-0.39, 0.29) is 6.61 Å². The molecule has 0 unspecified atom stereocenters. The normalized spacial score (nSPS) is 11.7. The summed E-state index contributed by atoms with van der Waals surface area (Å²) in [6.45, 7) is 4.98. The molecule has 0 radical (unpaired) electrons. The van der Waals surface area contributed by atoms with E-state index in [1.165, 1.54) is 32.8 Å². The first kappa shape index (κ1) is 15.0. The van der Waals surface area contributed by atoms with E-state index in [9.17, 15) is 5.11 Å². The highest BCUT2D eigenvalue weighted by molar-refractivity contribution is 6.17. The van der Waals surface area contributed by atoms with E-state index in [4.69, 9.17) is 4.74 Å². The molecule has 0 saturated heterocycles. The summed E-state index contributed by atoms with van der Waals surface area (Å²) in [6.07, 6.45) is 3.77. The fraction of sp³-hybridized carbons (Fsp3) is 0.250. The Morgan fingerprint density at radius 1 is 1.08 bits per heavy atom. The van der Waals surface area contributed by atoms with Crippen molar-refractivity contribution in [2.45, 2.75) is 20.4 Å². The summed E-state index contributed by atoms with van der Waals surface area (Å²) in [7, 11) is 1.69. The van der Waals surface area contributed by atoms with Crippen LogP contribution in [0.25, 0.3) is 32.6 Å². The van der Waals surface area contributed by atoms with Gasteiger partial charge >= 0.3 is 0 Å². The third-order valence-electron chi connectivity index (χ3n) is 4.95. The van der Waals surface area contributed by atoms with Crippen molar-refractivity contribution < 1.29 is 9.84 Å². The molecule has 2 aromatic carbocycles. The number of benzene rings is 2. The van der Waals surface area contributed by atoms with Gasteiger partial charge in [-0.3, -0.25) is 4.98 Å². The number of methoxy groups -OCH3 is 1. The number of hydrogen-bond donors (Lipinski definition) is 1. The SMILES string of the molecule is COc1ccc2c(c1)c1c(C)c3cnccc3c(C)c1n2CCO. The summed E-state index contributed by atoms with van der Waals surface area (Å²) in [5, 5.41) is 14.3. The van der Waals surface area contributed by atoms with Gasteiger partial charge in [-0.25, -0.2) is 0 Å². The van der Waals surface area contributed by atoms with Crippen LogP contribution in [0.3, 0.4) is 0 Å². The van der Waals surface area contributed by atoms with Gasteiger partial charge in [-0.2, -0.15) is 0 Å². The zero-order chi connectivity index (χ0) is 16.8. The molecule has 0 saturated carbocycles. The molecule has 0 aliphatic heterocycles. The van der Waals surface area contributed by atoms with Gasteiger partial charge in [0, 0.05) is 40.6 Å². The number of aliphatic hydroxyl groups is 1. The molecule has 24 heavy (non-hydrogen) atoms. The molecule has 4 aromatic rings. The second-order valence-electron chi connectivity index (χ2n) is 6.15. The van der Waals surface area contributed by atoms with Crippen LogP contribution in [-0.2, 0) is 6.54 Å². The Kier molecular flexibility index (Phi) is 3.43. The first-order valence-corrected chi connectivity index (χ1v) is 8.11. The molecule has 2 heterocycles. The predicted molar refractivity (Wildman–Crippen MR) is 97.9 cm³/mol. The summed E-state index contributed by atoms with van der Waals surface area (Å²) in [5.41, 5.74) is 4.74. The Bertz CT molecular complexity index is 1080. The van der Waals surface area contributed by atoms with E-state index in [1.54, 1.807) is 7.11 Å². The van der Waals surface area contributed by atoms with Gasteiger partial charge in [0.1, 0.15) is 5.75 Å². The molecule has 0 atom stereocenters. The van der Waals surface area contributed by atoms with Gasteiger partial charge in [-0.15, -0.1) is 0 Å². The average molecular weight is 320 g/mol. The number of hydrogen-bond acceptors (Lipinski definition) is 3. The third-order valence-corrected chi connectivity index (χ3v) is 4.95. The molecule has 4 rings (SSSR count). The number of nitrogens with zero attached hydrogens (tertiary/aromatic N) is 2. The minimum atomic E-state index is 0.109. The first-order valence-electron chi connectivity index (χ1n) is 8.11. The number of aromatic nitrogens is 2. The number of ether oxygens (including phenoxy) is 1. The van der Waals surface area contributed by atoms with Crippen LogP contribution in [0.5, 0.6) is 5.75 Å². The molecule has 0 amide bonds. The van der Waals surface area contributed by atoms with E-state index in [2.05, 4.69) is 41.6 Å². The van der Waals surface area contributed by atoms with Gasteiger partial charge in [0.05, 0.1) is 19.2 Å². The van der Waals surface area contributed by atoms with Gasteiger partial charge in [-0.1, -0.05) is 0 Å². The van der Waals surface area contributed by atoms with Crippen LogP contribution in [-0.4, -0.2) is 28.4 Å². The maximum atomic E-state index is 9.58. The number of aliphatic hydroxyl groups excluding tert-OH is 1. The Labute approximate surface area is 140 Å². The Morgan fingerprint density at radius 3 is 2.67 bits per heavy atom. The second-order valence-corrected chi connectivity index (χ2v) is 6.15. The number of fused-ring (bicyclic) bond motifs is 4. The standard InChI is InChI=1S/C20H20N2O2/c1-12-17-11-21-7-6-15(17)13(2)20-19(12)16-10-14(24-3)4-5-18(16)22(20)8-9-23/h4-7,10-11,23H,8-9H2,1-3H3. The molecule has 0 spiro atoms. The van der Waals surface area contributed by atoms with E-state index >= 15 is 0 Å². The minimum absolute atomic E-state index is 0.109. The minimum Gasteiger partial charge on any atom is -0.497 e.